The number of amides is 2. The van der Waals surface area contributed by atoms with Crippen molar-refractivity contribution in [2.75, 3.05) is 10.6 Å². The van der Waals surface area contributed by atoms with E-state index < -0.39 is 0 Å². The van der Waals surface area contributed by atoms with E-state index >= 15 is 0 Å². The second-order valence-corrected chi connectivity index (χ2v) is 6.03. The second kappa shape index (κ2) is 6.37. The second-order valence-electron chi connectivity index (χ2n) is 6.03. The third-order valence-corrected chi connectivity index (χ3v) is 4.23. The van der Waals surface area contributed by atoms with Crippen molar-refractivity contribution < 1.29 is 14.3 Å². The molecule has 5 heteroatoms. The summed E-state index contributed by atoms with van der Waals surface area (Å²) < 4.78 is 5.84. The number of fused-ring (bicyclic) bond motifs is 2. The molecule has 2 amide bonds. The fourth-order valence-electron chi connectivity index (χ4n) is 2.87. The molecule has 0 fully saturated rings. The molecule has 128 valence electrons. The molecule has 5 nitrogen and oxygen atoms in total. The quantitative estimate of drug-likeness (QED) is 0.713. The van der Waals surface area contributed by atoms with E-state index in [1.54, 1.807) is 36.4 Å². The average Bonchev–Trinajstić information content (AvgIpc) is 2.78. The van der Waals surface area contributed by atoms with Gasteiger partial charge in [0.15, 0.2) is 5.75 Å². The molecule has 0 bridgehead atoms. The van der Waals surface area contributed by atoms with Crippen LogP contribution in [0.15, 0.2) is 66.7 Å². The summed E-state index contributed by atoms with van der Waals surface area (Å²) in [4.78, 5) is 25.0. The molecule has 0 aromatic heterocycles. The lowest BCUT2D eigenvalue weighted by Crippen LogP contribution is -2.15. The Kier molecular flexibility index (Phi) is 3.89. The minimum absolute atomic E-state index is 0.221. The molecule has 0 atom stereocenters. The Bertz CT molecular complexity index is 1030. The Morgan fingerprint density at radius 2 is 1.73 bits per heavy atom. The van der Waals surface area contributed by atoms with E-state index in [1.165, 1.54) is 0 Å². The van der Waals surface area contributed by atoms with Gasteiger partial charge in [-0.05, 0) is 48.9 Å². The number of ether oxygens (including phenoxy) is 1. The van der Waals surface area contributed by atoms with Gasteiger partial charge in [-0.1, -0.05) is 30.3 Å². The van der Waals surface area contributed by atoms with Crippen LogP contribution in [0.5, 0.6) is 11.5 Å². The third-order valence-electron chi connectivity index (χ3n) is 4.23. The minimum Gasteiger partial charge on any atom is -0.454 e. The first kappa shape index (κ1) is 15.9. The molecule has 4 rings (SSSR count). The number of carbonyl (C=O) groups is 2. The van der Waals surface area contributed by atoms with Gasteiger partial charge in [-0.15, -0.1) is 0 Å². The van der Waals surface area contributed by atoms with Crippen molar-refractivity contribution in [3.8, 4) is 11.5 Å². The zero-order chi connectivity index (χ0) is 18.1. The molecular formula is C21H16N2O3. The molecule has 0 spiro atoms. The van der Waals surface area contributed by atoms with E-state index in [0.29, 0.717) is 34.0 Å². The van der Waals surface area contributed by atoms with Crippen LogP contribution in [0.25, 0.3) is 0 Å². The Balaban J connectivity index is 1.64. The molecule has 26 heavy (non-hydrogen) atoms. The molecule has 1 heterocycles. The SMILES string of the molecule is Cc1ccccc1C(=O)Nc1ccc2c(c1)C(=O)Nc1ccccc1O2. The number of anilines is 2. The van der Waals surface area contributed by atoms with E-state index in [-0.39, 0.29) is 11.8 Å². The van der Waals surface area contributed by atoms with Gasteiger partial charge in [-0.25, -0.2) is 0 Å². The highest BCUT2D eigenvalue weighted by molar-refractivity contribution is 6.10. The number of hydrogen-bond acceptors (Lipinski definition) is 3. The van der Waals surface area contributed by atoms with E-state index in [0.717, 1.165) is 5.56 Å². The first-order chi connectivity index (χ1) is 12.6. The Hall–Kier alpha value is -3.60. The van der Waals surface area contributed by atoms with Gasteiger partial charge in [0.2, 0.25) is 0 Å². The standard InChI is InChI=1S/C21H16N2O3/c1-13-6-2-3-7-15(13)20(24)22-14-10-11-18-16(12-14)21(25)23-17-8-4-5-9-19(17)26-18/h2-12H,1H3,(H,22,24)(H,23,25). The topological polar surface area (TPSA) is 67.4 Å². The highest BCUT2D eigenvalue weighted by Gasteiger charge is 2.21. The van der Waals surface area contributed by atoms with E-state index in [1.807, 2.05) is 37.3 Å². The van der Waals surface area contributed by atoms with Gasteiger partial charge in [0, 0.05) is 11.3 Å². The predicted molar refractivity (Wildman–Crippen MR) is 100 cm³/mol. The minimum atomic E-state index is -0.281. The maximum Gasteiger partial charge on any atom is 0.259 e. The van der Waals surface area contributed by atoms with Crippen molar-refractivity contribution in [1.82, 2.24) is 0 Å². The van der Waals surface area contributed by atoms with Gasteiger partial charge < -0.3 is 15.4 Å². The molecule has 3 aromatic rings. The molecule has 0 aliphatic carbocycles. The normalized spacial score (nSPS) is 12.1. The van der Waals surface area contributed by atoms with E-state index in [4.69, 9.17) is 4.74 Å². The van der Waals surface area contributed by atoms with Crippen LogP contribution in [0.3, 0.4) is 0 Å². The van der Waals surface area contributed by atoms with Crippen molar-refractivity contribution in [2.45, 2.75) is 6.92 Å². The molecule has 0 unspecified atom stereocenters. The predicted octanol–water partition coefficient (Wildman–Crippen LogP) is 4.61. The highest BCUT2D eigenvalue weighted by Crippen LogP contribution is 2.36. The van der Waals surface area contributed by atoms with Crippen LogP contribution in [0.1, 0.15) is 26.3 Å². The largest absolute Gasteiger partial charge is 0.454 e. The fourth-order valence-corrected chi connectivity index (χ4v) is 2.87. The summed E-state index contributed by atoms with van der Waals surface area (Å²) in [5, 5.41) is 5.66. The number of benzene rings is 3. The Morgan fingerprint density at radius 3 is 2.58 bits per heavy atom. The van der Waals surface area contributed by atoms with Gasteiger partial charge in [0.1, 0.15) is 5.75 Å². The molecule has 1 aliphatic heterocycles. The zero-order valence-electron chi connectivity index (χ0n) is 14.1. The summed E-state index contributed by atoms with van der Waals surface area (Å²) in [5.41, 5.74) is 2.98. The lowest BCUT2D eigenvalue weighted by Gasteiger charge is -2.11. The van der Waals surface area contributed by atoms with Gasteiger partial charge in [-0.3, -0.25) is 9.59 Å². The number of nitrogens with one attached hydrogen (secondary N) is 2. The first-order valence-electron chi connectivity index (χ1n) is 8.21. The monoisotopic (exact) mass is 344 g/mol. The highest BCUT2D eigenvalue weighted by atomic mass is 16.5. The number of aryl methyl sites for hydroxylation is 1. The number of carbonyl (C=O) groups excluding carboxylic acids is 2. The van der Waals surface area contributed by atoms with Crippen molar-refractivity contribution in [1.29, 1.82) is 0 Å². The average molecular weight is 344 g/mol. The molecule has 3 aromatic carbocycles. The Labute approximate surface area is 150 Å². The van der Waals surface area contributed by atoms with Crippen LogP contribution in [-0.2, 0) is 0 Å². The smallest absolute Gasteiger partial charge is 0.259 e. The number of rotatable bonds is 2. The third kappa shape index (κ3) is 2.91. The van der Waals surface area contributed by atoms with E-state index in [9.17, 15) is 9.59 Å². The lowest BCUT2D eigenvalue weighted by molar-refractivity contribution is 0.101. The number of hydrogen-bond donors (Lipinski definition) is 2. The lowest BCUT2D eigenvalue weighted by atomic mass is 10.1. The molecule has 2 N–H and O–H groups in total. The van der Waals surface area contributed by atoms with Crippen molar-refractivity contribution in [2.24, 2.45) is 0 Å². The van der Waals surface area contributed by atoms with Crippen LogP contribution in [-0.4, -0.2) is 11.8 Å². The molecule has 0 saturated carbocycles. The summed E-state index contributed by atoms with van der Waals surface area (Å²) in [7, 11) is 0. The van der Waals surface area contributed by atoms with Gasteiger partial charge >= 0.3 is 0 Å². The molecule has 0 saturated heterocycles. The summed E-state index contributed by atoms with van der Waals surface area (Å²) in [6.07, 6.45) is 0. The molecule has 1 aliphatic rings. The Morgan fingerprint density at radius 1 is 0.962 bits per heavy atom. The maximum atomic E-state index is 12.5. The maximum absolute atomic E-state index is 12.5. The zero-order valence-corrected chi connectivity index (χ0v) is 14.1. The first-order valence-corrected chi connectivity index (χ1v) is 8.21. The van der Waals surface area contributed by atoms with Crippen LogP contribution >= 0.6 is 0 Å². The summed E-state index contributed by atoms with van der Waals surface area (Å²) in [6.45, 7) is 1.88. The van der Waals surface area contributed by atoms with Crippen molar-refractivity contribution in [3.05, 3.63) is 83.4 Å². The fraction of sp³-hybridized carbons (Fsp3) is 0.0476. The summed E-state index contributed by atoms with van der Waals surface area (Å²) in [6, 6.07) is 19.6. The number of para-hydroxylation sites is 2. The summed E-state index contributed by atoms with van der Waals surface area (Å²) in [5.74, 6) is 0.524. The molecule has 0 radical (unpaired) electrons. The van der Waals surface area contributed by atoms with Crippen LogP contribution in [0.2, 0.25) is 0 Å². The van der Waals surface area contributed by atoms with Crippen molar-refractivity contribution in [3.63, 3.8) is 0 Å². The van der Waals surface area contributed by atoms with Gasteiger partial charge in [0.05, 0.1) is 11.3 Å². The van der Waals surface area contributed by atoms with Crippen LogP contribution < -0.4 is 15.4 Å². The molecular weight excluding hydrogens is 328 g/mol. The van der Waals surface area contributed by atoms with Crippen LogP contribution in [0.4, 0.5) is 11.4 Å². The van der Waals surface area contributed by atoms with Crippen LogP contribution in [0, 0.1) is 6.92 Å². The van der Waals surface area contributed by atoms with Gasteiger partial charge in [-0.2, -0.15) is 0 Å². The van der Waals surface area contributed by atoms with Gasteiger partial charge in [0.25, 0.3) is 11.8 Å². The van der Waals surface area contributed by atoms with Crippen molar-refractivity contribution >= 4 is 23.2 Å². The summed E-state index contributed by atoms with van der Waals surface area (Å²) >= 11 is 0. The van der Waals surface area contributed by atoms with E-state index in [2.05, 4.69) is 10.6 Å².